The molecule has 0 N–H and O–H groups in total. The lowest BCUT2D eigenvalue weighted by atomic mass is 10.1. The van der Waals surface area contributed by atoms with Crippen LogP contribution in [0.15, 0.2) is 47.4 Å². The van der Waals surface area contributed by atoms with E-state index in [1.54, 1.807) is 25.3 Å². The molecule has 2 fully saturated rings. The fourth-order valence-corrected chi connectivity index (χ4v) is 5.09. The molecule has 4 rings (SSSR count). The van der Waals surface area contributed by atoms with Crippen molar-refractivity contribution in [2.24, 2.45) is 0 Å². The minimum absolute atomic E-state index is 0.0263. The Morgan fingerprint density at radius 3 is 2.50 bits per heavy atom. The number of carbonyl (C=O) groups excluding carboxylic acids is 2. The Morgan fingerprint density at radius 1 is 1.09 bits per heavy atom. The van der Waals surface area contributed by atoms with Crippen LogP contribution in [0.1, 0.15) is 25.3 Å². The molecule has 0 saturated carbocycles. The van der Waals surface area contributed by atoms with Crippen molar-refractivity contribution >= 4 is 51.9 Å². The summed E-state index contributed by atoms with van der Waals surface area (Å²) >= 11 is 6.71. The Hall–Kier alpha value is -3.04. The van der Waals surface area contributed by atoms with Crippen LogP contribution in [-0.2, 0) is 9.59 Å². The van der Waals surface area contributed by atoms with Crippen LogP contribution >= 0.6 is 24.0 Å². The number of amides is 2. The standard InChI is InChI=1S/C25H26N2O5S2/c1-3-31-19-9-7-18(8-10-19)27-24(29)22(34-25(27)33)15-17-6-11-20(21(14-17)30-2)32-16-23(28)26-12-4-5-13-26/h6-11,14-15H,3-5,12-13,16H2,1-2H3/b22-15-. The molecule has 34 heavy (non-hydrogen) atoms. The lowest BCUT2D eigenvalue weighted by Crippen LogP contribution is -2.32. The molecule has 0 bridgehead atoms. The van der Waals surface area contributed by atoms with E-state index in [9.17, 15) is 9.59 Å². The van der Waals surface area contributed by atoms with E-state index in [2.05, 4.69) is 0 Å². The quantitative estimate of drug-likeness (QED) is 0.392. The zero-order valence-electron chi connectivity index (χ0n) is 19.1. The van der Waals surface area contributed by atoms with Gasteiger partial charge >= 0.3 is 0 Å². The van der Waals surface area contributed by atoms with E-state index < -0.39 is 0 Å². The second-order valence-corrected chi connectivity index (χ2v) is 9.41. The third-order valence-electron chi connectivity index (χ3n) is 5.50. The number of thiocarbonyl (C=S) groups is 1. The molecule has 0 atom stereocenters. The number of hydrogen-bond acceptors (Lipinski definition) is 7. The molecule has 2 aromatic carbocycles. The van der Waals surface area contributed by atoms with E-state index >= 15 is 0 Å². The summed E-state index contributed by atoms with van der Waals surface area (Å²) in [5.41, 5.74) is 1.46. The van der Waals surface area contributed by atoms with E-state index in [1.807, 2.05) is 42.2 Å². The molecule has 9 heteroatoms. The van der Waals surface area contributed by atoms with Gasteiger partial charge in [-0.25, -0.2) is 0 Å². The minimum Gasteiger partial charge on any atom is -0.494 e. The summed E-state index contributed by atoms with van der Waals surface area (Å²) in [6, 6.07) is 12.6. The predicted octanol–water partition coefficient (Wildman–Crippen LogP) is 4.50. The molecule has 0 unspecified atom stereocenters. The highest BCUT2D eigenvalue weighted by Gasteiger charge is 2.33. The molecule has 2 heterocycles. The average molecular weight is 499 g/mol. The third-order valence-corrected chi connectivity index (χ3v) is 6.80. The van der Waals surface area contributed by atoms with Crippen molar-refractivity contribution in [3.8, 4) is 17.2 Å². The molecular weight excluding hydrogens is 472 g/mol. The van der Waals surface area contributed by atoms with Crippen LogP contribution < -0.4 is 19.1 Å². The maximum Gasteiger partial charge on any atom is 0.270 e. The molecule has 2 aliphatic heterocycles. The van der Waals surface area contributed by atoms with Gasteiger partial charge in [-0.3, -0.25) is 14.5 Å². The number of methoxy groups -OCH3 is 1. The number of benzene rings is 2. The summed E-state index contributed by atoms with van der Waals surface area (Å²) in [6.45, 7) is 4.03. The molecular formula is C25H26N2O5S2. The molecule has 2 aromatic rings. The van der Waals surface area contributed by atoms with E-state index in [1.165, 1.54) is 16.7 Å². The third kappa shape index (κ3) is 5.37. The molecule has 0 aliphatic carbocycles. The molecule has 0 aromatic heterocycles. The molecule has 2 amide bonds. The van der Waals surface area contributed by atoms with E-state index in [-0.39, 0.29) is 18.4 Å². The minimum atomic E-state index is -0.185. The van der Waals surface area contributed by atoms with Crippen molar-refractivity contribution in [3.05, 3.63) is 52.9 Å². The molecule has 178 valence electrons. The maximum atomic E-state index is 13.1. The molecule has 7 nitrogen and oxygen atoms in total. The first kappa shape index (κ1) is 24.1. The van der Waals surface area contributed by atoms with Crippen molar-refractivity contribution in [1.82, 2.24) is 4.90 Å². The number of thioether (sulfide) groups is 1. The number of hydrogen-bond donors (Lipinski definition) is 0. The second kappa shape index (κ2) is 10.9. The number of ether oxygens (including phenoxy) is 3. The van der Waals surface area contributed by atoms with Crippen molar-refractivity contribution in [2.45, 2.75) is 19.8 Å². The summed E-state index contributed by atoms with van der Waals surface area (Å²) in [4.78, 5) is 29.2. The Labute approximate surface area is 208 Å². The SMILES string of the molecule is CCOc1ccc(N2C(=O)/C(=C/c3ccc(OCC(=O)N4CCCC4)c(OC)c3)SC2=S)cc1. The van der Waals surface area contributed by atoms with Gasteiger partial charge in [0.25, 0.3) is 11.8 Å². The summed E-state index contributed by atoms with van der Waals surface area (Å²) in [6.07, 6.45) is 3.85. The largest absolute Gasteiger partial charge is 0.494 e. The smallest absolute Gasteiger partial charge is 0.270 e. The molecule has 0 spiro atoms. The first-order chi connectivity index (χ1) is 16.5. The average Bonchev–Trinajstić information content (AvgIpc) is 3.47. The van der Waals surface area contributed by atoms with Gasteiger partial charge in [0.1, 0.15) is 5.75 Å². The van der Waals surface area contributed by atoms with Gasteiger partial charge < -0.3 is 19.1 Å². The van der Waals surface area contributed by atoms with Gasteiger partial charge in [0.15, 0.2) is 22.4 Å². The number of rotatable bonds is 8. The number of carbonyl (C=O) groups is 2. The number of nitrogens with zero attached hydrogens (tertiary/aromatic N) is 2. The summed E-state index contributed by atoms with van der Waals surface area (Å²) in [5, 5.41) is 0. The Kier molecular flexibility index (Phi) is 7.74. The predicted molar refractivity (Wildman–Crippen MR) is 138 cm³/mol. The van der Waals surface area contributed by atoms with Crippen LogP contribution in [0.25, 0.3) is 6.08 Å². The van der Waals surface area contributed by atoms with Crippen molar-refractivity contribution in [2.75, 3.05) is 38.3 Å². The topological polar surface area (TPSA) is 68.3 Å². The van der Waals surface area contributed by atoms with Gasteiger partial charge in [0, 0.05) is 13.1 Å². The van der Waals surface area contributed by atoms with Gasteiger partial charge in [0.05, 0.1) is 24.3 Å². The Balaban J connectivity index is 1.47. The molecule has 2 aliphatic rings. The van der Waals surface area contributed by atoms with Crippen LogP contribution in [0.2, 0.25) is 0 Å². The van der Waals surface area contributed by atoms with Gasteiger partial charge in [0.2, 0.25) is 0 Å². The van der Waals surface area contributed by atoms with E-state index in [0.717, 1.165) is 37.2 Å². The van der Waals surface area contributed by atoms with Crippen molar-refractivity contribution in [3.63, 3.8) is 0 Å². The molecule has 0 radical (unpaired) electrons. The fraction of sp³-hybridized carbons (Fsp3) is 0.320. The Bertz CT molecular complexity index is 1110. The summed E-state index contributed by atoms with van der Waals surface area (Å²) in [5.74, 6) is 1.50. The van der Waals surface area contributed by atoms with Crippen LogP contribution in [0.4, 0.5) is 5.69 Å². The van der Waals surface area contributed by atoms with Gasteiger partial charge in [-0.05, 0) is 67.8 Å². The van der Waals surface area contributed by atoms with E-state index in [0.29, 0.717) is 33.0 Å². The lowest BCUT2D eigenvalue weighted by molar-refractivity contribution is -0.132. The maximum absolute atomic E-state index is 13.1. The zero-order valence-corrected chi connectivity index (χ0v) is 20.7. The fourth-order valence-electron chi connectivity index (χ4n) is 3.79. The van der Waals surface area contributed by atoms with Crippen LogP contribution in [-0.4, -0.2) is 54.4 Å². The number of anilines is 1. The normalized spacial score (nSPS) is 16.9. The van der Waals surface area contributed by atoms with Crippen molar-refractivity contribution < 1.29 is 23.8 Å². The van der Waals surface area contributed by atoms with Crippen molar-refractivity contribution in [1.29, 1.82) is 0 Å². The zero-order chi connectivity index (χ0) is 24.1. The number of likely N-dealkylation sites (tertiary alicyclic amines) is 1. The second-order valence-electron chi connectivity index (χ2n) is 7.73. The summed E-state index contributed by atoms with van der Waals surface area (Å²) < 4.78 is 17.1. The van der Waals surface area contributed by atoms with Crippen LogP contribution in [0.5, 0.6) is 17.2 Å². The lowest BCUT2D eigenvalue weighted by Gasteiger charge is -2.16. The monoisotopic (exact) mass is 498 g/mol. The van der Waals surface area contributed by atoms with Gasteiger partial charge in [-0.1, -0.05) is 30.0 Å². The highest BCUT2D eigenvalue weighted by atomic mass is 32.2. The Morgan fingerprint density at radius 2 is 1.82 bits per heavy atom. The first-order valence-electron chi connectivity index (χ1n) is 11.1. The highest BCUT2D eigenvalue weighted by Crippen LogP contribution is 2.37. The van der Waals surface area contributed by atoms with Gasteiger partial charge in [-0.2, -0.15) is 0 Å². The van der Waals surface area contributed by atoms with E-state index in [4.69, 9.17) is 26.4 Å². The highest BCUT2D eigenvalue weighted by molar-refractivity contribution is 8.27. The van der Waals surface area contributed by atoms with Gasteiger partial charge in [-0.15, -0.1) is 0 Å². The van der Waals surface area contributed by atoms with Crippen LogP contribution in [0.3, 0.4) is 0 Å². The summed E-state index contributed by atoms with van der Waals surface area (Å²) in [7, 11) is 1.54. The van der Waals surface area contributed by atoms with Crippen LogP contribution in [0, 0.1) is 0 Å². The molecule has 2 saturated heterocycles. The first-order valence-corrected chi connectivity index (χ1v) is 12.3.